The Balaban J connectivity index is 0.00000108. The van der Waals surface area contributed by atoms with Crippen LogP contribution in [0, 0.1) is 6.07 Å². The predicted molar refractivity (Wildman–Crippen MR) is 62.8 cm³/mol. The number of aromatic nitrogens is 3. The first-order chi connectivity index (χ1) is 7.84. The SMILES string of the molecule is Cn1ncc(-c2[c-]ccc3ccccc23)n1.[Ir]. The first-order valence-electron chi connectivity index (χ1n) is 5.11. The summed E-state index contributed by atoms with van der Waals surface area (Å²) in [5.74, 6) is 0. The normalized spacial score (nSPS) is 10.2. The van der Waals surface area contributed by atoms with E-state index in [1.54, 1.807) is 11.0 Å². The van der Waals surface area contributed by atoms with E-state index in [2.05, 4.69) is 34.5 Å². The monoisotopic (exact) mass is 401 g/mol. The van der Waals surface area contributed by atoms with Gasteiger partial charge < -0.3 is 0 Å². The van der Waals surface area contributed by atoms with Crippen molar-refractivity contribution in [2.75, 3.05) is 0 Å². The molecule has 1 aromatic heterocycles. The maximum atomic E-state index is 4.31. The Hall–Kier alpha value is -1.51. The van der Waals surface area contributed by atoms with Crippen molar-refractivity contribution in [3.8, 4) is 11.3 Å². The second-order valence-electron chi connectivity index (χ2n) is 3.66. The first kappa shape index (κ1) is 12.0. The third kappa shape index (κ3) is 2.14. The summed E-state index contributed by atoms with van der Waals surface area (Å²) in [6.07, 6.45) is 1.76. The van der Waals surface area contributed by atoms with E-state index in [1.807, 2.05) is 25.2 Å². The molecule has 1 heterocycles. The Labute approximate surface area is 113 Å². The fraction of sp³-hybridized carbons (Fsp3) is 0.0769. The predicted octanol–water partition coefficient (Wildman–Crippen LogP) is 2.43. The molecule has 0 aliphatic carbocycles. The number of nitrogens with zero attached hydrogens (tertiary/aromatic N) is 3. The van der Waals surface area contributed by atoms with Crippen LogP contribution in [0.3, 0.4) is 0 Å². The quantitative estimate of drug-likeness (QED) is 0.588. The summed E-state index contributed by atoms with van der Waals surface area (Å²) < 4.78 is 0. The number of hydrogen-bond acceptors (Lipinski definition) is 2. The van der Waals surface area contributed by atoms with E-state index in [1.165, 1.54) is 5.39 Å². The third-order valence-electron chi connectivity index (χ3n) is 2.58. The number of hydrogen-bond donors (Lipinski definition) is 0. The maximum Gasteiger partial charge on any atom is 0.0486 e. The molecule has 0 saturated carbocycles. The van der Waals surface area contributed by atoms with Crippen molar-refractivity contribution in [3.05, 3.63) is 48.7 Å². The van der Waals surface area contributed by atoms with E-state index in [0.29, 0.717) is 0 Å². The zero-order valence-electron chi connectivity index (χ0n) is 9.22. The molecule has 17 heavy (non-hydrogen) atoms. The van der Waals surface area contributed by atoms with E-state index in [0.717, 1.165) is 16.6 Å². The average molecular weight is 400 g/mol. The van der Waals surface area contributed by atoms with Crippen molar-refractivity contribution in [1.82, 2.24) is 15.0 Å². The summed E-state index contributed by atoms with van der Waals surface area (Å²) in [5, 5.41) is 10.7. The van der Waals surface area contributed by atoms with Crippen LogP contribution in [-0.2, 0) is 27.2 Å². The summed E-state index contributed by atoms with van der Waals surface area (Å²) >= 11 is 0. The molecule has 3 aromatic rings. The van der Waals surface area contributed by atoms with Crippen LogP contribution in [0.5, 0.6) is 0 Å². The van der Waals surface area contributed by atoms with E-state index in [4.69, 9.17) is 0 Å². The summed E-state index contributed by atoms with van der Waals surface area (Å²) in [6.45, 7) is 0. The molecular formula is C13H10IrN3-. The van der Waals surface area contributed by atoms with Crippen LogP contribution in [0.2, 0.25) is 0 Å². The Morgan fingerprint density at radius 3 is 2.76 bits per heavy atom. The molecule has 87 valence electrons. The van der Waals surface area contributed by atoms with Crippen LogP contribution in [0.25, 0.3) is 22.0 Å². The van der Waals surface area contributed by atoms with Gasteiger partial charge in [-0.25, -0.2) is 5.10 Å². The zero-order valence-corrected chi connectivity index (χ0v) is 11.6. The molecule has 0 bridgehead atoms. The maximum absolute atomic E-state index is 4.31. The van der Waals surface area contributed by atoms with Gasteiger partial charge in [0, 0.05) is 39.0 Å². The van der Waals surface area contributed by atoms with E-state index in [-0.39, 0.29) is 20.1 Å². The number of rotatable bonds is 1. The Bertz CT molecular complexity index is 640. The van der Waals surface area contributed by atoms with Crippen molar-refractivity contribution >= 4 is 10.8 Å². The minimum absolute atomic E-state index is 0. The van der Waals surface area contributed by atoms with Gasteiger partial charge in [0.1, 0.15) is 0 Å². The van der Waals surface area contributed by atoms with Gasteiger partial charge in [-0.3, -0.25) is 0 Å². The molecule has 0 atom stereocenters. The molecule has 3 nitrogen and oxygen atoms in total. The Morgan fingerprint density at radius 1 is 1.18 bits per heavy atom. The van der Waals surface area contributed by atoms with Crippen LogP contribution in [0.4, 0.5) is 0 Å². The smallest absolute Gasteiger partial charge is 0.0486 e. The van der Waals surface area contributed by atoms with Crippen LogP contribution >= 0.6 is 0 Å². The van der Waals surface area contributed by atoms with Crippen LogP contribution in [-0.4, -0.2) is 15.0 Å². The van der Waals surface area contributed by atoms with Crippen molar-refractivity contribution in [2.24, 2.45) is 7.05 Å². The van der Waals surface area contributed by atoms with E-state index < -0.39 is 0 Å². The molecule has 0 amide bonds. The van der Waals surface area contributed by atoms with Gasteiger partial charge in [-0.2, -0.15) is 9.90 Å². The van der Waals surface area contributed by atoms with Gasteiger partial charge in [-0.15, -0.1) is 29.1 Å². The molecule has 3 rings (SSSR count). The summed E-state index contributed by atoms with van der Waals surface area (Å²) in [7, 11) is 1.81. The van der Waals surface area contributed by atoms with Gasteiger partial charge in [0.05, 0.1) is 0 Å². The van der Waals surface area contributed by atoms with E-state index in [9.17, 15) is 0 Å². The molecule has 0 aliphatic heterocycles. The fourth-order valence-electron chi connectivity index (χ4n) is 1.83. The van der Waals surface area contributed by atoms with Gasteiger partial charge in [0.2, 0.25) is 0 Å². The summed E-state index contributed by atoms with van der Waals surface area (Å²) in [5.41, 5.74) is 1.87. The molecule has 0 fully saturated rings. The Morgan fingerprint density at radius 2 is 2.00 bits per heavy atom. The third-order valence-corrected chi connectivity index (χ3v) is 2.58. The molecule has 0 saturated heterocycles. The topological polar surface area (TPSA) is 30.7 Å². The summed E-state index contributed by atoms with van der Waals surface area (Å²) in [4.78, 5) is 1.56. The number of aryl methyl sites for hydroxylation is 1. The fourth-order valence-corrected chi connectivity index (χ4v) is 1.83. The van der Waals surface area contributed by atoms with E-state index >= 15 is 0 Å². The number of benzene rings is 2. The standard InChI is InChI=1S/C13H10N3.Ir/c1-16-14-9-13(15-16)12-8-4-6-10-5-2-3-7-11(10)12;/h2-7,9H,1H3;/q-1;. The second-order valence-corrected chi connectivity index (χ2v) is 3.66. The molecule has 0 spiro atoms. The minimum Gasteiger partial charge on any atom is -0.204 e. The van der Waals surface area contributed by atoms with Crippen LogP contribution in [0.1, 0.15) is 0 Å². The molecule has 2 aromatic carbocycles. The largest absolute Gasteiger partial charge is 0.204 e. The number of fused-ring (bicyclic) bond motifs is 1. The second kappa shape index (κ2) is 4.78. The average Bonchev–Trinajstić information content (AvgIpc) is 2.75. The molecular weight excluding hydrogens is 390 g/mol. The molecule has 4 heteroatoms. The molecule has 0 unspecified atom stereocenters. The van der Waals surface area contributed by atoms with Gasteiger partial charge in [-0.05, 0) is 0 Å². The minimum atomic E-state index is 0. The molecule has 0 aliphatic rings. The van der Waals surface area contributed by atoms with Crippen LogP contribution < -0.4 is 0 Å². The van der Waals surface area contributed by atoms with Crippen molar-refractivity contribution < 1.29 is 20.1 Å². The summed E-state index contributed by atoms with van der Waals surface area (Å²) in [6, 6.07) is 15.4. The van der Waals surface area contributed by atoms with Gasteiger partial charge in [-0.1, -0.05) is 29.7 Å². The zero-order chi connectivity index (χ0) is 11.0. The van der Waals surface area contributed by atoms with Crippen LogP contribution in [0.15, 0.2) is 42.6 Å². The molecule has 1 radical (unpaired) electrons. The Kier molecular flexibility index (Phi) is 3.36. The van der Waals surface area contributed by atoms with Crippen molar-refractivity contribution in [1.29, 1.82) is 0 Å². The van der Waals surface area contributed by atoms with Gasteiger partial charge in [0.25, 0.3) is 0 Å². The van der Waals surface area contributed by atoms with Gasteiger partial charge >= 0.3 is 0 Å². The molecule has 0 N–H and O–H groups in total. The van der Waals surface area contributed by atoms with Gasteiger partial charge in [0.15, 0.2) is 0 Å². The first-order valence-corrected chi connectivity index (χ1v) is 5.11. The van der Waals surface area contributed by atoms with Crippen molar-refractivity contribution in [3.63, 3.8) is 0 Å². The van der Waals surface area contributed by atoms with Crippen molar-refractivity contribution in [2.45, 2.75) is 0 Å².